The van der Waals surface area contributed by atoms with E-state index >= 15 is 0 Å². The molecule has 2 atom stereocenters. The Labute approximate surface area is 128 Å². The smallest absolute Gasteiger partial charge is 0.127 e. The molecule has 0 saturated heterocycles. The number of nitrogens with zero attached hydrogens (tertiary/aromatic N) is 1. The Hall–Kier alpha value is -1.35. The number of hydrogen-bond acceptors (Lipinski definition) is 3. The van der Waals surface area contributed by atoms with Crippen LogP contribution in [0.4, 0.5) is 0 Å². The molecule has 0 aliphatic heterocycles. The van der Waals surface area contributed by atoms with E-state index in [9.17, 15) is 4.79 Å². The van der Waals surface area contributed by atoms with Gasteiger partial charge in [0, 0.05) is 18.5 Å². The quantitative estimate of drug-likeness (QED) is 0.750. The van der Waals surface area contributed by atoms with Crippen LogP contribution in [-0.2, 0) is 11.3 Å². The molecule has 1 aromatic carbocycles. The van der Waals surface area contributed by atoms with Crippen molar-refractivity contribution in [2.24, 2.45) is 11.3 Å². The Morgan fingerprint density at radius 2 is 2.29 bits per heavy atom. The van der Waals surface area contributed by atoms with E-state index in [4.69, 9.17) is 4.74 Å². The number of ether oxygens (including phenoxy) is 1. The number of carbonyl (C=O) groups is 1. The van der Waals surface area contributed by atoms with E-state index in [2.05, 4.69) is 31.0 Å². The van der Waals surface area contributed by atoms with Crippen LogP contribution in [0.2, 0.25) is 0 Å². The summed E-state index contributed by atoms with van der Waals surface area (Å²) in [6.07, 6.45) is 5.70. The van der Waals surface area contributed by atoms with Gasteiger partial charge in [-0.3, -0.25) is 0 Å². The summed E-state index contributed by atoms with van der Waals surface area (Å²) in [6, 6.07) is 8.14. The van der Waals surface area contributed by atoms with Crippen molar-refractivity contribution in [3.63, 3.8) is 0 Å². The molecular formula is C18H27NO2. The summed E-state index contributed by atoms with van der Waals surface area (Å²) in [5, 5.41) is 0. The van der Waals surface area contributed by atoms with E-state index in [1.54, 1.807) is 7.11 Å². The molecule has 1 saturated carbocycles. The monoisotopic (exact) mass is 289 g/mol. The predicted octanol–water partition coefficient (Wildman–Crippen LogP) is 3.52. The van der Waals surface area contributed by atoms with Crippen LogP contribution >= 0.6 is 0 Å². The van der Waals surface area contributed by atoms with Gasteiger partial charge in [0.05, 0.1) is 7.11 Å². The van der Waals surface area contributed by atoms with Crippen LogP contribution in [0.5, 0.6) is 5.75 Å². The van der Waals surface area contributed by atoms with Crippen molar-refractivity contribution >= 4 is 6.29 Å². The van der Waals surface area contributed by atoms with Gasteiger partial charge in [-0.15, -0.1) is 0 Å². The van der Waals surface area contributed by atoms with Crippen LogP contribution in [0.15, 0.2) is 24.3 Å². The van der Waals surface area contributed by atoms with E-state index in [0.29, 0.717) is 5.92 Å². The lowest BCUT2D eigenvalue weighted by Crippen LogP contribution is -2.40. The molecule has 1 aliphatic carbocycles. The second-order valence-electron chi connectivity index (χ2n) is 6.71. The second-order valence-corrected chi connectivity index (χ2v) is 6.71. The molecule has 116 valence electrons. The van der Waals surface area contributed by atoms with E-state index in [1.807, 2.05) is 12.1 Å². The Morgan fingerprint density at radius 3 is 2.95 bits per heavy atom. The lowest BCUT2D eigenvalue weighted by molar-refractivity contribution is -0.119. The third-order valence-electron chi connectivity index (χ3n) is 4.55. The molecular weight excluding hydrogens is 262 g/mol. The van der Waals surface area contributed by atoms with Crippen molar-refractivity contribution in [2.45, 2.75) is 39.2 Å². The van der Waals surface area contributed by atoms with E-state index in [-0.39, 0.29) is 5.41 Å². The van der Waals surface area contributed by atoms with Crippen molar-refractivity contribution in [1.29, 1.82) is 0 Å². The molecule has 2 unspecified atom stereocenters. The molecule has 0 spiro atoms. The molecule has 3 nitrogen and oxygen atoms in total. The van der Waals surface area contributed by atoms with Gasteiger partial charge >= 0.3 is 0 Å². The number of benzene rings is 1. The summed E-state index contributed by atoms with van der Waals surface area (Å²) in [5.74, 6) is 1.55. The molecule has 0 bridgehead atoms. The van der Waals surface area contributed by atoms with Crippen molar-refractivity contribution < 1.29 is 9.53 Å². The van der Waals surface area contributed by atoms with Crippen LogP contribution in [0.3, 0.4) is 0 Å². The molecule has 2 rings (SSSR count). The maximum Gasteiger partial charge on any atom is 0.127 e. The first-order valence-electron chi connectivity index (χ1n) is 7.85. The topological polar surface area (TPSA) is 29.5 Å². The normalized spacial score (nSPS) is 25.8. The van der Waals surface area contributed by atoms with Gasteiger partial charge in [0.15, 0.2) is 0 Å². The zero-order valence-corrected chi connectivity index (χ0v) is 13.5. The van der Waals surface area contributed by atoms with E-state index in [0.717, 1.165) is 31.7 Å². The van der Waals surface area contributed by atoms with Gasteiger partial charge in [0.1, 0.15) is 12.0 Å². The molecule has 1 aliphatic rings. The maximum atomic E-state index is 11.7. The Kier molecular flexibility index (Phi) is 5.40. The van der Waals surface area contributed by atoms with Crippen LogP contribution in [-0.4, -0.2) is 31.9 Å². The lowest BCUT2D eigenvalue weighted by Gasteiger charge is -2.38. The zero-order chi connectivity index (χ0) is 15.3. The summed E-state index contributed by atoms with van der Waals surface area (Å²) in [7, 11) is 3.79. The molecule has 0 aromatic heterocycles. The Bertz CT molecular complexity index is 474. The van der Waals surface area contributed by atoms with Crippen LogP contribution in [0, 0.1) is 11.3 Å². The minimum absolute atomic E-state index is 0.148. The van der Waals surface area contributed by atoms with E-state index in [1.165, 1.54) is 24.7 Å². The minimum atomic E-state index is -0.148. The summed E-state index contributed by atoms with van der Waals surface area (Å²) in [4.78, 5) is 13.9. The third kappa shape index (κ3) is 4.31. The highest BCUT2D eigenvalue weighted by Gasteiger charge is 2.35. The number of rotatable bonds is 6. The van der Waals surface area contributed by atoms with E-state index < -0.39 is 0 Å². The lowest BCUT2D eigenvalue weighted by atomic mass is 9.71. The molecule has 0 heterocycles. The molecule has 1 aromatic rings. The molecule has 3 heteroatoms. The van der Waals surface area contributed by atoms with Crippen molar-refractivity contribution in [3.8, 4) is 5.75 Å². The average molecular weight is 289 g/mol. The predicted molar refractivity (Wildman–Crippen MR) is 85.5 cm³/mol. The van der Waals surface area contributed by atoms with Gasteiger partial charge in [0.2, 0.25) is 0 Å². The fraction of sp³-hybridized carbons (Fsp3) is 0.611. The maximum absolute atomic E-state index is 11.7. The highest BCUT2D eigenvalue weighted by Crippen LogP contribution is 2.38. The summed E-state index contributed by atoms with van der Waals surface area (Å²) in [6.45, 7) is 3.96. The van der Waals surface area contributed by atoms with Crippen molar-refractivity contribution in [1.82, 2.24) is 4.90 Å². The molecule has 1 fully saturated rings. The van der Waals surface area contributed by atoms with Gasteiger partial charge in [-0.2, -0.15) is 0 Å². The van der Waals surface area contributed by atoms with Crippen LogP contribution in [0.25, 0.3) is 0 Å². The zero-order valence-electron chi connectivity index (χ0n) is 13.5. The second kappa shape index (κ2) is 7.08. The average Bonchev–Trinajstić information content (AvgIpc) is 2.47. The first kappa shape index (κ1) is 16.0. The van der Waals surface area contributed by atoms with Gasteiger partial charge in [-0.25, -0.2) is 0 Å². The SMILES string of the molecule is COc1cccc(CN(C)CC2(C=O)CCCC(C)C2)c1. The number of methoxy groups -OCH3 is 1. The Balaban J connectivity index is 1.99. The highest BCUT2D eigenvalue weighted by molar-refractivity contribution is 5.60. The van der Waals surface area contributed by atoms with Crippen LogP contribution in [0.1, 0.15) is 38.2 Å². The molecule has 0 amide bonds. The molecule has 0 N–H and O–H groups in total. The Morgan fingerprint density at radius 1 is 1.48 bits per heavy atom. The summed E-state index contributed by atoms with van der Waals surface area (Å²) >= 11 is 0. The molecule has 21 heavy (non-hydrogen) atoms. The first-order valence-corrected chi connectivity index (χ1v) is 7.85. The van der Waals surface area contributed by atoms with Crippen LogP contribution < -0.4 is 4.74 Å². The largest absolute Gasteiger partial charge is 0.497 e. The number of hydrogen-bond donors (Lipinski definition) is 0. The summed E-state index contributed by atoms with van der Waals surface area (Å²) in [5.41, 5.74) is 1.08. The van der Waals surface area contributed by atoms with Crippen molar-refractivity contribution in [3.05, 3.63) is 29.8 Å². The third-order valence-corrected chi connectivity index (χ3v) is 4.55. The van der Waals surface area contributed by atoms with Gasteiger partial charge < -0.3 is 14.4 Å². The highest BCUT2D eigenvalue weighted by atomic mass is 16.5. The first-order chi connectivity index (χ1) is 10.1. The number of aldehydes is 1. The van der Waals surface area contributed by atoms with Gasteiger partial charge in [-0.05, 0) is 43.5 Å². The minimum Gasteiger partial charge on any atom is -0.497 e. The number of carbonyl (C=O) groups excluding carboxylic acids is 1. The standard InChI is InChI=1S/C18H27NO2/c1-15-6-5-9-18(11-15,14-20)13-19(2)12-16-7-4-8-17(10-16)21-3/h4,7-8,10,14-15H,5-6,9,11-13H2,1-3H3. The van der Waals surface area contributed by atoms with Crippen molar-refractivity contribution in [2.75, 3.05) is 20.7 Å². The van der Waals surface area contributed by atoms with Gasteiger partial charge in [-0.1, -0.05) is 31.9 Å². The fourth-order valence-corrected chi connectivity index (χ4v) is 3.66. The van der Waals surface area contributed by atoms with Gasteiger partial charge in [0.25, 0.3) is 0 Å². The molecule has 0 radical (unpaired) electrons. The fourth-order valence-electron chi connectivity index (χ4n) is 3.66. The summed E-state index contributed by atoms with van der Waals surface area (Å²) < 4.78 is 5.27.